The minimum atomic E-state index is -0.244. The van der Waals surface area contributed by atoms with Gasteiger partial charge in [0, 0.05) is 18.7 Å². The number of amides is 2. The monoisotopic (exact) mass is 367 g/mol. The highest BCUT2D eigenvalue weighted by atomic mass is 16.2. The highest BCUT2D eigenvalue weighted by Crippen LogP contribution is 2.18. The Bertz CT molecular complexity index is 884. The third-order valence-corrected chi connectivity index (χ3v) is 4.34. The van der Waals surface area contributed by atoms with Crippen LogP contribution >= 0.6 is 0 Å². The van der Waals surface area contributed by atoms with Crippen molar-refractivity contribution in [1.29, 1.82) is 0 Å². The number of H-pyrrole nitrogens is 1. The van der Waals surface area contributed by atoms with E-state index in [-0.39, 0.29) is 18.1 Å². The maximum absolute atomic E-state index is 12.5. The van der Waals surface area contributed by atoms with Crippen molar-refractivity contribution in [2.75, 3.05) is 7.05 Å². The Balaban J connectivity index is 1.61. The second-order valence-electron chi connectivity index (χ2n) is 6.86. The molecule has 2 amide bonds. The maximum atomic E-state index is 12.5. The molecule has 27 heavy (non-hydrogen) atoms. The quantitative estimate of drug-likeness (QED) is 0.700. The van der Waals surface area contributed by atoms with Gasteiger partial charge in [-0.1, -0.05) is 30.3 Å². The number of rotatable bonds is 6. The average molecular weight is 367 g/mol. The molecular weight excluding hydrogens is 342 g/mol. The van der Waals surface area contributed by atoms with Crippen LogP contribution in [0.4, 0.5) is 4.79 Å². The molecule has 0 saturated carbocycles. The molecule has 142 valence electrons. The van der Waals surface area contributed by atoms with Crippen LogP contribution in [0.1, 0.15) is 44.4 Å². The molecule has 0 aliphatic rings. The second kappa shape index (κ2) is 8.03. The van der Waals surface area contributed by atoms with E-state index in [1.807, 2.05) is 47.9 Å². The first-order valence-electron chi connectivity index (χ1n) is 8.96. The van der Waals surface area contributed by atoms with E-state index in [1.54, 1.807) is 18.3 Å². The van der Waals surface area contributed by atoms with Gasteiger partial charge in [0.05, 0.1) is 24.0 Å². The van der Waals surface area contributed by atoms with Gasteiger partial charge in [0.15, 0.2) is 5.82 Å². The lowest BCUT2D eigenvalue weighted by atomic mass is 10.1. The van der Waals surface area contributed by atoms with Gasteiger partial charge in [-0.15, -0.1) is 10.2 Å². The van der Waals surface area contributed by atoms with Crippen molar-refractivity contribution in [3.63, 3.8) is 0 Å². The van der Waals surface area contributed by atoms with Gasteiger partial charge in [-0.2, -0.15) is 5.10 Å². The zero-order chi connectivity index (χ0) is 19.4. The smallest absolute Gasteiger partial charge is 0.318 e. The van der Waals surface area contributed by atoms with Crippen LogP contribution in [0.5, 0.6) is 0 Å². The zero-order valence-corrected chi connectivity index (χ0v) is 16.0. The molecule has 1 aromatic carbocycles. The van der Waals surface area contributed by atoms with Gasteiger partial charge in [-0.05, 0) is 26.8 Å². The summed E-state index contributed by atoms with van der Waals surface area (Å²) in [6.45, 7) is 6.43. The molecule has 8 heteroatoms. The average Bonchev–Trinajstić information content (AvgIpc) is 3.32. The topological polar surface area (TPSA) is 91.7 Å². The summed E-state index contributed by atoms with van der Waals surface area (Å²) in [7, 11) is 1.75. The van der Waals surface area contributed by atoms with E-state index in [0.717, 1.165) is 22.8 Å². The predicted octanol–water partition coefficient (Wildman–Crippen LogP) is 3.15. The lowest BCUT2D eigenvalue weighted by Gasteiger charge is -2.21. The Morgan fingerprint density at radius 1 is 1.26 bits per heavy atom. The summed E-state index contributed by atoms with van der Waals surface area (Å²) >= 11 is 0. The van der Waals surface area contributed by atoms with Crippen molar-refractivity contribution in [1.82, 2.24) is 35.2 Å². The van der Waals surface area contributed by atoms with Gasteiger partial charge in [0.25, 0.3) is 0 Å². The van der Waals surface area contributed by atoms with E-state index in [9.17, 15) is 4.79 Å². The van der Waals surface area contributed by atoms with Crippen molar-refractivity contribution >= 4 is 6.03 Å². The van der Waals surface area contributed by atoms with E-state index >= 15 is 0 Å². The van der Waals surface area contributed by atoms with E-state index in [1.165, 1.54) is 0 Å². The number of nitrogens with one attached hydrogen (secondary N) is 2. The molecular formula is C19H25N7O. The number of benzene rings is 1. The van der Waals surface area contributed by atoms with Gasteiger partial charge in [0.2, 0.25) is 0 Å². The first kappa shape index (κ1) is 18.6. The number of aromatic nitrogens is 5. The van der Waals surface area contributed by atoms with Crippen LogP contribution in [0.2, 0.25) is 0 Å². The van der Waals surface area contributed by atoms with Crippen LogP contribution in [0.25, 0.3) is 11.3 Å². The number of hydrogen-bond acceptors (Lipinski definition) is 4. The lowest BCUT2D eigenvalue weighted by Crippen LogP contribution is -2.39. The molecule has 1 atom stereocenters. The molecule has 0 aliphatic heterocycles. The third-order valence-electron chi connectivity index (χ3n) is 4.34. The fourth-order valence-electron chi connectivity index (χ4n) is 2.85. The molecule has 0 aliphatic carbocycles. The van der Waals surface area contributed by atoms with Crippen molar-refractivity contribution in [3.05, 3.63) is 54.2 Å². The highest BCUT2D eigenvalue weighted by Gasteiger charge is 2.19. The van der Waals surface area contributed by atoms with Crippen LogP contribution in [-0.2, 0) is 6.54 Å². The fourth-order valence-corrected chi connectivity index (χ4v) is 2.85. The SMILES string of the molecule is CC(NC(=O)N(C)Cc1cc(-c2ccccc2)n[nH]1)c1nncn1C(C)C. The van der Waals surface area contributed by atoms with Crippen LogP contribution in [0.15, 0.2) is 42.7 Å². The minimum Gasteiger partial charge on any atom is -0.328 e. The zero-order valence-electron chi connectivity index (χ0n) is 16.0. The number of carbonyl (C=O) groups excluding carboxylic acids is 1. The van der Waals surface area contributed by atoms with Crippen LogP contribution in [-0.4, -0.2) is 42.9 Å². The lowest BCUT2D eigenvalue weighted by molar-refractivity contribution is 0.202. The number of aromatic amines is 1. The van der Waals surface area contributed by atoms with Crippen LogP contribution < -0.4 is 5.32 Å². The van der Waals surface area contributed by atoms with Crippen molar-refractivity contribution in [2.45, 2.75) is 39.4 Å². The Morgan fingerprint density at radius 2 is 2.00 bits per heavy atom. The summed E-state index contributed by atoms with van der Waals surface area (Å²) in [6, 6.07) is 11.7. The number of nitrogens with zero attached hydrogens (tertiary/aromatic N) is 5. The van der Waals surface area contributed by atoms with Gasteiger partial charge in [-0.25, -0.2) is 4.79 Å². The molecule has 0 radical (unpaired) electrons. The summed E-state index contributed by atoms with van der Waals surface area (Å²) in [5.41, 5.74) is 2.76. The standard InChI is InChI=1S/C19H25N7O/c1-13(2)26-12-20-24-18(26)14(3)21-19(27)25(4)11-16-10-17(23-22-16)15-8-6-5-7-9-15/h5-10,12-14H,11H2,1-4H3,(H,21,27)(H,22,23). The summed E-state index contributed by atoms with van der Waals surface area (Å²) in [4.78, 5) is 14.1. The van der Waals surface area contributed by atoms with Gasteiger partial charge in [0.1, 0.15) is 6.33 Å². The summed E-state index contributed by atoms with van der Waals surface area (Å²) in [6.07, 6.45) is 1.68. The molecule has 2 heterocycles. The number of carbonyl (C=O) groups is 1. The highest BCUT2D eigenvalue weighted by molar-refractivity contribution is 5.74. The van der Waals surface area contributed by atoms with E-state index in [4.69, 9.17) is 0 Å². The van der Waals surface area contributed by atoms with E-state index < -0.39 is 0 Å². The first-order chi connectivity index (χ1) is 13.0. The van der Waals surface area contributed by atoms with E-state index in [2.05, 4.69) is 39.6 Å². The second-order valence-corrected chi connectivity index (χ2v) is 6.86. The Hall–Kier alpha value is -3.16. The van der Waals surface area contributed by atoms with Crippen molar-refractivity contribution in [3.8, 4) is 11.3 Å². The molecule has 8 nitrogen and oxygen atoms in total. The first-order valence-corrected chi connectivity index (χ1v) is 8.96. The molecule has 0 bridgehead atoms. The summed E-state index contributed by atoms with van der Waals surface area (Å²) in [5, 5.41) is 18.4. The van der Waals surface area contributed by atoms with Crippen LogP contribution in [0.3, 0.4) is 0 Å². The molecule has 2 N–H and O–H groups in total. The minimum absolute atomic E-state index is 0.184. The normalized spacial score (nSPS) is 12.2. The van der Waals surface area contributed by atoms with Crippen molar-refractivity contribution < 1.29 is 4.79 Å². The Labute approximate surface area is 158 Å². The molecule has 0 saturated heterocycles. The number of hydrogen-bond donors (Lipinski definition) is 2. The molecule has 0 spiro atoms. The molecule has 1 unspecified atom stereocenters. The molecule has 3 aromatic rings. The molecule has 3 rings (SSSR count). The summed E-state index contributed by atoms with van der Waals surface area (Å²) < 4.78 is 1.95. The van der Waals surface area contributed by atoms with Gasteiger partial charge >= 0.3 is 6.03 Å². The summed E-state index contributed by atoms with van der Waals surface area (Å²) in [5.74, 6) is 0.736. The molecule has 2 aromatic heterocycles. The third kappa shape index (κ3) is 4.33. The Kier molecular flexibility index (Phi) is 5.54. The Morgan fingerprint density at radius 3 is 2.70 bits per heavy atom. The maximum Gasteiger partial charge on any atom is 0.318 e. The number of urea groups is 1. The largest absolute Gasteiger partial charge is 0.328 e. The van der Waals surface area contributed by atoms with Crippen molar-refractivity contribution in [2.24, 2.45) is 0 Å². The van der Waals surface area contributed by atoms with Crippen LogP contribution in [0, 0.1) is 0 Å². The predicted molar refractivity (Wildman–Crippen MR) is 103 cm³/mol. The van der Waals surface area contributed by atoms with Gasteiger partial charge in [-0.3, -0.25) is 5.10 Å². The van der Waals surface area contributed by atoms with E-state index in [0.29, 0.717) is 6.54 Å². The molecule has 0 fully saturated rings. The van der Waals surface area contributed by atoms with Gasteiger partial charge < -0.3 is 14.8 Å². The fraction of sp³-hybridized carbons (Fsp3) is 0.368.